The summed E-state index contributed by atoms with van der Waals surface area (Å²) in [4.78, 5) is 0. The summed E-state index contributed by atoms with van der Waals surface area (Å²) in [5.74, 6) is 0. The molecule has 29 heavy (non-hydrogen) atoms. The highest BCUT2D eigenvalue weighted by Gasteiger charge is 2.49. The normalized spacial score (nSPS) is 10.1. The largest absolute Gasteiger partial charge is 0.412 e. The Morgan fingerprint density at radius 3 is 0.966 bits per heavy atom. The van der Waals surface area contributed by atoms with Gasteiger partial charge in [0.1, 0.15) is 0 Å². The van der Waals surface area contributed by atoms with Gasteiger partial charge in [0.25, 0.3) is 0 Å². The van der Waals surface area contributed by atoms with Gasteiger partial charge in [0.15, 0.2) is 0 Å². The van der Waals surface area contributed by atoms with Crippen LogP contribution in [0.3, 0.4) is 0 Å². The summed E-state index contributed by atoms with van der Waals surface area (Å²) in [6, 6.07) is 37.8. The summed E-state index contributed by atoms with van der Waals surface area (Å²) in [5.41, 5.74) is 2.57. The highest BCUT2D eigenvalue weighted by molar-refractivity contribution is 6.90. The van der Waals surface area contributed by atoms with Crippen molar-refractivity contribution < 1.29 is 0 Å². The predicted octanol–water partition coefficient (Wildman–Crippen LogP) is 4.85. The topological polar surface area (TPSA) is 9.72 Å². The predicted molar refractivity (Wildman–Crippen MR) is 125 cm³/mol. The molecule has 0 amide bonds. The molecule has 140 valence electrons. The van der Waals surface area contributed by atoms with Crippen LogP contribution < -0.4 is 13.7 Å². The molecule has 3 aromatic rings. The molecule has 4 heteroatoms. The Labute approximate surface area is 174 Å². The number of rotatable bonds is 6. The van der Waals surface area contributed by atoms with E-state index in [1.165, 1.54) is 0 Å². The molecule has 3 rings (SSSR count). The Morgan fingerprint density at radius 2 is 0.759 bits per heavy atom. The molecule has 3 aromatic carbocycles. The van der Waals surface area contributed by atoms with Crippen LogP contribution in [-0.4, -0.2) is 8.56 Å². The third kappa shape index (κ3) is 3.69. The van der Waals surface area contributed by atoms with Crippen LogP contribution in [-0.2, 0) is 0 Å². The third-order valence-electron chi connectivity index (χ3n) is 4.70. The molecular formula is C25H21N3Si. The van der Waals surface area contributed by atoms with Gasteiger partial charge in [-0.2, -0.15) is 0 Å². The van der Waals surface area contributed by atoms with E-state index in [9.17, 15) is 0 Å². The van der Waals surface area contributed by atoms with Crippen molar-refractivity contribution in [2.45, 2.75) is 6.55 Å². The maximum absolute atomic E-state index is 6.05. The van der Waals surface area contributed by atoms with Gasteiger partial charge in [-0.25, -0.2) is 0 Å². The van der Waals surface area contributed by atoms with Crippen LogP contribution in [0.1, 0.15) is 0 Å². The SMILES string of the molecule is C#CN(c1ccccc1)[Si](C)(N(C#C)c1ccccc1)N(C#C)c1ccccc1. The second-order valence-electron chi connectivity index (χ2n) is 6.37. The number of hydrogen-bond acceptors (Lipinski definition) is 3. The standard InChI is InChI=1S/C25H21N3Si/c1-5-26(23-17-11-8-12-18-23)29(4,27(6-2)24-19-13-9-14-20-24)28(7-3)25-21-15-10-16-22-25/h1-3,8-22H,4H3. The number of nitrogens with zero attached hydrogens (tertiary/aromatic N) is 3. The van der Waals surface area contributed by atoms with E-state index in [4.69, 9.17) is 19.3 Å². The van der Waals surface area contributed by atoms with Crippen molar-refractivity contribution in [2.24, 2.45) is 0 Å². The summed E-state index contributed by atoms with van der Waals surface area (Å²) in [6.45, 7) is 2.06. The number of benzene rings is 3. The fourth-order valence-corrected chi connectivity index (χ4v) is 6.60. The maximum Gasteiger partial charge on any atom is 0.412 e. The smallest absolute Gasteiger partial charge is 0.291 e. The van der Waals surface area contributed by atoms with Gasteiger partial charge >= 0.3 is 8.56 Å². The van der Waals surface area contributed by atoms with Crippen molar-refractivity contribution in [3.8, 4) is 37.4 Å². The van der Waals surface area contributed by atoms with Crippen molar-refractivity contribution in [1.82, 2.24) is 0 Å². The van der Waals surface area contributed by atoms with Gasteiger partial charge in [0.05, 0.1) is 0 Å². The summed E-state index contributed by atoms with van der Waals surface area (Å²) < 4.78 is 5.64. The number of terminal acetylenes is 3. The molecular weight excluding hydrogens is 370 g/mol. The molecule has 0 atom stereocenters. The number of hydrogen-bond donors (Lipinski definition) is 0. The summed E-state index contributed by atoms with van der Waals surface area (Å²) in [6.07, 6.45) is 18.2. The first-order valence-corrected chi connectivity index (χ1v) is 11.5. The van der Waals surface area contributed by atoms with Crippen molar-refractivity contribution in [3.05, 3.63) is 91.0 Å². The van der Waals surface area contributed by atoms with E-state index < -0.39 is 8.56 Å². The Kier molecular flexibility index (Phi) is 5.96. The molecule has 0 aliphatic rings. The zero-order valence-corrected chi connectivity index (χ0v) is 17.2. The summed E-state index contributed by atoms with van der Waals surface area (Å²) >= 11 is 0. The zero-order chi connectivity index (χ0) is 20.7. The molecule has 0 N–H and O–H groups in total. The van der Waals surface area contributed by atoms with E-state index in [0.717, 1.165) is 17.1 Å². The lowest BCUT2D eigenvalue weighted by Gasteiger charge is -2.47. The molecule has 0 aromatic heterocycles. The monoisotopic (exact) mass is 391 g/mol. The molecule has 3 nitrogen and oxygen atoms in total. The Balaban J connectivity index is 2.27. The highest BCUT2D eigenvalue weighted by Crippen LogP contribution is 2.32. The van der Waals surface area contributed by atoms with Crippen LogP contribution in [0.5, 0.6) is 0 Å². The quantitative estimate of drug-likeness (QED) is 0.338. The van der Waals surface area contributed by atoms with E-state index in [-0.39, 0.29) is 0 Å². The van der Waals surface area contributed by atoms with E-state index in [1.807, 2.05) is 105 Å². The molecule has 0 bridgehead atoms. The fourth-order valence-electron chi connectivity index (χ4n) is 3.36. The number of anilines is 3. The van der Waals surface area contributed by atoms with Gasteiger partial charge in [0.2, 0.25) is 0 Å². The first-order valence-electron chi connectivity index (χ1n) is 9.11. The Morgan fingerprint density at radius 1 is 0.517 bits per heavy atom. The van der Waals surface area contributed by atoms with Gasteiger partial charge in [-0.1, -0.05) is 73.9 Å². The highest BCUT2D eigenvalue weighted by atomic mass is 28.4. The van der Waals surface area contributed by atoms with Gasteiger partial charge in [-0.15, -0.1) is 0 Å². The van der Waals surface area contributed by atoms with Crippen molar-refractivity contribution in [2.75, 3.05) is 13.7 Å². The molecule has 0 fully saturated rings. The fraction of sp³-hybridized carbons (Fsp3) is 0.0400. The van der Waals surface area contributed by atoms with Gasteiger partial charge in [0, 0.05) is 35.2 Å². The zero-order valence-electron chi connectivity index (χ0n) is 16.2. The second-order valence-corrected chi connectivity index (χ2v) is 9.65. The molecule has 0 spiro atoms. The molecule has 0 saturated heterocycles. The maximum atomic E-state index is 6.05. The molecule has 0 aliphatic carbocycles. The van der Waals surface area contributed by atoms with Crippen LogP contribution in [0.25, 0.3) is 0 Å². The van der Waals surface area contributed by atoms with E-state index in [2.05, 4.69) is 24.7 Å². The molecule has 0 saturated carbocycles. The van der Waals surface area contributed by atoms with Gasteiger partial charge in [-0.05, 0) is 42.9 Å². The second kappa shape index (κ2) is 8.76. The average Bonchev–Trinajstić information content (AvgIpc) is 2.77. The first kappa shape index (κ1) is 19.7. The lowest BCUT2D eigenvalue weighted by Crippen LogP contribution is -2.71. The molecule has 0 unspecified atom stereocenters. The van der Waals surface area contributed by atoms with E-state index >= 15 is 0 Å². The van der Waals surface area contributed by atoms with Crippen LogP contribution in [0.15, 0.2) is 91.0 Å². The minimum atomic E-state index is -3.07. The van der Waals surface area contributed by atoms with Gasteiger partial charge in [-0.3, -0.25) is 13.7 Å². The minimum Gasteiger partial charge on any atom is -0.291 e. The van der Waals surface area contributed by atoms with Crippen LogP contribution in [0.2, 0.25) is 6.55 Å². The molecule has 0 radical (unpaired) electrons. The Bertz CT molecular complexity index is 921. The van der Waals surface area contributed by atoms with Crippen molar-refractivity contribution in [1.29, 1.82) is 0 Å². The Hall–Kier alpha value is -4.04. The van der Waals surface area contributed by atoms with Crippen molar-refractivity contribution in [3.63, 3.8) is 0 Å². The lowest BCUT2D eigenvalue weighted by molar-refractivity contribution is 1.19. The number of para-hydroxylation sites is 3. The average molecular weight is 392 g/mol. The van der Waals surface area contributed by atoms with E-state index in [1.54, 1.807) is 0 Å². The van der Waals surface area contributed by atoms with Crippen LogP contribution in [0, 0.1) is 37.4 Å². The lowest BCUT2D eigenvalue weighted by atomic mass is 10.3. The molecule has 0 heterocycles. The van der Waals surface area contributed by atoms with E-state index in [0.29, 0.717) is 0 Å². The van der Waals surface area contributed by atoms with Crippen molar-refractivity contribution >= 4 is 25.6 Å². The summed E-state index contributed by atoms with van der Waals surface area (Å²) in [7, 11) is -3.07. The third-order valence-corrected chi connectivity index (χ3v) is 8.40. The van der Waals surface area contributed by atoms with Crippen LogP contribution in [0.4, 0.5) is 17.1 Å². The summed E-state index contributed by atoms with van der Waals surface area (Å²) in [5, 5.41) is 0. The van der Waals surface area contributed by atoms with Gasteiger partial charge < -0.3 is 0 Å². The van der Waals surface area contributed by atoms with Crippen LogP contribution >= 0.6 is 0 Å². The molecule has 0 aliphatic heterocycles. The minimum absolute atomic E-state index is 0.858. The first-order chi connectivity index (χ1) is 14.2.